The summed E-state index contributed by atoms with van der Waals surface area (Å²) in [5, 5.41) is 0. The maximum absolute atomic E-state index is 13.5. The fourth-order valence-corrected chi connectivity index (χ4v) is 10.4. The van der Waals surface area contributed by atoms with Crippen molar-refractivity contribution in [3.8, 4) is 10.4 Å². The molecule has 5 saturated carbocycles. The quantitative estimate of drug-likeness (QED) is 0.394. The van der Waals surface area contributed by atoms with Crippen molar-refractivity contribution in [1.29, 1.82) is 0 Å². The van der Waals surface area contributed by atoms with Crippen LogP contribution in [0.2, 0.25) is 0 Å². The van der Waals surface area contributed by atoms with E-state index in [-0.39, 0.29) is 23.3 Å². The smallest absolute Gasteiger partial charge is 0.342 e. The van der Waals surface area contributed by atoms with Crippen LogP contribution in [0.5, 0.6) is 0 Å². The van der Waals surface area contributed by atoms with E-state index in [1.165, 1.54) is 64.1 Å². The van der Waals surface area contributed by atoms with Crippen molar-refractivity contribution >= 4 is 28.8 Å². The van der Waals surface area contributed by atoms with E-state index in [0.29, 0.717) is 17.8 Å². The van der Waals surface area contributed by atoms with Crippen molar-refractivity contribution in [2.45, 2.75) is 57.3 Å². The average molecular weight is 457 g/mol. The first kappa shape index (κ1) is 19.1. The molecule has 0 N–H and O–H groups in total. The highest BCUT2D eigenvalue weighted by Gasteiger charge is 2.69. The zero-order chi connectivity index (χ0) is 22.1. The largest absolute Gasteiger partial charge is 0.389 e. The molecule has 1 atom stereocenters. The number of allylic oxidation sites excluding steroid dienone is 1. The summed E-state index contributed by atoms with van der Waals surface area (Å²) in [6.45, 7) is 2.13. The van der Waals surface area contributed by atoms with Gasteiger partial charge in [-0.2, -0.15) is 0 Å². The Balaban J connectivity index is 1.42. The molecule has 1 aliphatic heterocycles. The molecule has 1 saturated heterocycles. The minimum absolute atomic E-state index is 0.229. The topological polar surface area (TPSA) is 43.4 Å². The molecule has 0 amide bonds. The van der Waals surface area contributed by atoms with Crippen LogP contribution in [0, 0.1) is 42.4 Å². The molecule has 7 aliphatic rings. The SMILES string of the molecule is Cc1ccc(-c2cc3c(s2)C2(C4CC5CC(C4)CC2C5)C2C(=O)OC(=O)C2=C3C2CC2)cc1. The second-order valence-corrected chi connectivity index (χ2v) is 12.8. The number of benzene rings is 1. The van der Waals surface area contributed by atoms with E-state index in [1.807, 2.05) is 11.3 Å². The van der Waals surface area contributed by atoms with Crippen LogP contribution in [0.25, 0.3) is 16.0 Å². The number of cyclic esters (lactones) is 2. The number of hydrogen-bond donors (Lipinski definition) is 0. The van der Waals surface area contributed by atoms with Gasteiger partial charge in [-0.05, 0) is 104 Å². The third-order valence-corrected chi connectivity index (χ3v) is 11.3. The van der Waals surface area contributed by atoms with Gasteiger partial charge in [0.1, 0.15) is 5.92 Å². The van der Waals surface area contributed by atoms with Gasteiger partial charge in [-0.15, -0.1) is 11.3 Å². The van der Waals surface area contributed by atoms with Gasteiger partial charge in [0.05, 0.1) is 5.57 Å². The van der Waals surface area contributed by atoms with Gasteiger partial charge >= 0.3 is 11.9 Å². The van der Waals surface area contributed by atoms with Gasteiger partial charge in [0.15, 0.2) is 0 Å². The molecule has 1 aromatic heterocycles. The number of rotatable bonds is 2. The van der Waals surface area contributed by atoms with E-state index in [9.17, 15) is 9.59 Å². The van der Waals surface area contributed by atoms with Gasteiger partial charge in [0, 0.05) is 15.2 Å². The number of fused-ring (bicyclic) bond motifs is 2. The molecular formula is C29H28O3S. The first-order valence-corrected chi connectivity index (χ1v) is 13.6. The van der Waals surface area contributed by atoms with Crippen LogP contribution < -0.4 is 0 Å². The van der Waals surface area contributed by atoms with E-state index in [4.69, 9.17) is 4.74 Å². The van der Waals surface area contributed by atoms with Crippen molar-refractivity contribution in [2.75, 3.05) is 0 Å². The molecule has 1 aromatic carbocycles. The molecule has 168 valence electrons. The average Bonchev–Trinajstić information content (AvgIpc) is 3.45. The summed E-state index contributed by atoms with van der Waals surface area (Å²) < 4.78 is 5.44. The predicted octanol–water partition coefficient (Wildman–Crippen LogP) is 6.29. The molecule has 1 spiro atoms. The fourth-order valence-electron chi connectivity index (χ4n) is 8.81. The number of aryl methyl sites for hydroxylation is 1. The van der Waals surface area contributed by atoms with Crippen molar-refractivity contribution in [1.82, 2.24) is 0 Å². The van der Waals surface area contributed by atoms with Gasteiger partial charge in [-0.1, -0.05) is 29.8 Å². The van der Waals surface area contributed by atoms with Crippen LogP contribution in [-0.2, 0) is 19.7 Å². The standard InChI is InChI=1S/C29H28O3S/c1-14-2-4-17(5-3-14)22-13-21-23(18-6-7-18)24-25(28(31)32-27(24)30)29(26(21)33-22)19-9-15-8-16(11-19)12-20(29)10-15/h2-5,13,15-16,18-20,25H,6-12H2,1H3. The monoisotopic (exact) mass is 456 g/mol. The van der Waals surface area contributed by atoms with Crippen LogP contribution in [0.3, 0.4) is 0 Å². The molecule has 0 radical (unpaired) electrons. The molecular weight excluding hydrogens is 428 g/mol. The molecule has 33 heavy (non-hydrogen) atoms. The van der Waals surface area contributed by atoms with Crippen LogP contribution in [0.15, 0.2) is 35.9 Å². The fraction of sp³-hybridized carbons (Fsp3) is 0.517. The lowest BCUT2D eigenvalue weighted by Crippen LogP contribution is -2.61. The maximum atomic E-state index is 13.5. The van der Waals surface area contributed by atoms with Crippen LogP contribution in [-0.4, -0.2) is 11.9 Å². The Labute approximate surface area is 198 Å². The van der Waals surface area contributed by atoms with Gasteiger partial charge < -0.3 is 4.74 Å². The summed E-state index contributed by atoms with van der Waals surface area (Å²) in [5.74, 6) is 2.06. The summed E-state index contributed by atoms with van der Waals surface area (Å²) >= 11 is 1.92. The van der Waals surface area contributed by atoms with E-state index < -0.39 is 0 Å². The highest BCUT2D eigenvalue weighted by Crippen LogP contribution is 2.71. The Hall–Kier alpha value is -2.20. The Bertz CT molecular complexity index is 1230. The lowest BCUT2D eigenvalue weighted by Gasteiger charge is -2.63. The third-order valence-electron chi connectivity index (χ3n) is 9.93. The van der Waals surface area contributed by atoms with Crippen molar-refractivity contribution in [3.05, 3.63) is 51.9 Å². The van der Waals surface area contributed by atoms with E-state index in [0.717, 1.165) is 30.3 Å². The summed E-state index contributed by atoms with van der Waals surface area (Å²) in [5.41, 5.74) is 5.51. The number of carbonyl (C=O) groups is 2. The van der Waals surface area contributed by atoms with Gasteiger partial charge in [-0.3, -0.25) is 4.79 Å². The minimum atomic E-state index is -0.368. The molecule has 1 unspecified atom stereocenters. The third kappa shape index (κ3) is 2.36. The summed E-state index contributed by atoms with van der Waals surface area (Å²) in [4.78, 5) is 29.4. The van der Waals surface area contributed by atoms with Crippen LogP contribution >= 0.6 is 11.3 Å². The van der Waals surface area contributed by atoms with Gasteiger partial charge in [0.2, 0.25) is 0 Å². The number of thiophene rings is 1. The minimum Gasteiger partial charge on any atom is -0.389 e. The van der Waals surface area contributed by atoms with Crippen molar-refractivity contribution in [2.24, 2.45) is 35.5 Å². The highest BCUT2D eigenvalue weighted by atomic mass is 32.1. The summed E-state index contributed by atoms with van der Waals surface area (Å²) in [7, 11) is 0. The second-order valence-electron chi connectivity index (χ2n) is 11.7. The maximum Gasteiger partial charge on any atom is 0.342 e. The molecule has 9 rings (SSSR count). The zero-order valence-corrected chi connectivity index (χ0v) is 19.8. The van der Waals surface area contributed by atoms with Crippen LogP contribution in [0.4, 0.5) is 0 Å². The lowest BCUT2D eigenvalue weighted by molar-refractivity contribution is -0.157. The zero-order valence-electron chi connectivity index (χ0n) is 18.9. The first-order valence-electron chi connectivity index (χ1n) is 12.8. The first-order chi connectivity index (χ1) is 16.0. The predicted molar refractivity (Wildman–Crippen MR) is 127 cm³/mol. The molecule has 2 heterocycles. The summed E-state index contributed by atoms with van der Waals surface area (Å²) in [6, 6.07) is 11.2. The van der Waals surface area contributed by atoms with Gasteiger partial charge in [-0.25, -0.2) is 4.79 Å². The number of carbonyl (C=O) groups excluding carboxylic acids is 2. The molecule has 2 aromatic rings. The number of esters is 2. The Morgan fingerprint density at radius 3 is 2.21 bits per heavy atom. The lowest BCUT2D eigenvalue weighted by atomic mass is 9.40. The van der Waals surface area contributed by atoms with E-state index in [1.54, 1.807) is 0 Å². The molecule has 4 heteroatoms. The van der Waals surface area contributed by atoms with Crippen LogP contribution in [0.1, 0.15) is 60.9 Å². The number of ether oxygens (including phenoxy) is 1. The van der Waals surface area contributed by atoms with Crippen molar-refractivity contribution < 1.29 is 14.3 Å². The molecule has 4 bridgehead atoms. The molecule has 6 aliphatic carbocycles. The van der Waals surface area contributed by atoms with E-state index in [2.05, 4.69) is 37.3 Å². The molecule has 6 fully saturated rings. The van der Waals surface area contributed by atoms with Gasteiger partial charge in [0.25, 0.3) is 0 Å². The Morgan fingerprint density at radius 2 is 1.58 bits per heavy atom. The Morgan fingerprint density at radius 1 is 0.909 bits per heavy atom. The second kappa shape index (κ2) is 6.27. The van der Waals surface area contributed by atoms with Crippen molar-refractivity contribution in [3.63, 3.8) is 0 Å². The normalized spacial score (nSPS) is 38.2. The van der Waals surface area contributed by atoms with E-state index >= 15 is 0 Å². The highest BCUT2D eigenvalue weighted by molar-refractivity contribution is 7.16. The number of hydrogen-bond acceptors (Lipinski definition) is 4. The Kier molecular flexibility index (Phi) is 3.64. The summed E-state index contributed by atoms with van der Waals surface area (Å²) in [6.07, 6.45) is 8.47. The molecule has 3 nitrogen and oxygen atoms in total.